The van der Waals surface area contributed by atoms with Crippen LogP contribution >= 0.6 is 11.3 Å². The number of rotatable bonds is 5. The predicted molar refractivity (Wildman–Crippen MR) is 64.7 cm³/mol. The Labute approximate surface area is 94.9 Å². The number of aryl methyl sites for hydroxylation is 2. The van der Waals surface area contributed by atoms with Crippen LogP contribution in [-0.4, -0.2) is 26.0 Å². The summed E-state index contributed by atoms with van der Waals surface area (Å²) in [7, 11) is 1.87. The van der Waals surface area contributed by atoms with Crippen molar-refractivity contribution < 1.29 is 4.79 Å². The fraction of sp³-hybridized carbons (Fsp3) is 0.545. The van der Waals surface area contributed by atoms with Crippen LogP contribution in [0.25, 0.3) is 0 Å². The van der Waals surface area contributed by atoms with Gasteiger partial charge >= 0.3 is 0 Å². The number of hydrogen-bond acceptors (Lipinski definition) is 3. The van der Waals surface area contributed by atoms with Gasteiger partial charge in [0.2, 0.25) is 0 Å². The molecule has 0 unspecified atom stereocenters. The third-order valence-electron chi connectivity index (χ3n) is 2.23. The Balaban J connectivity index is 2.58. The predicted octanol–water partition coefficient (Wildman–Crippen LogP) is 1.57. The van der Waals surface area contributed by atoms with Crippen molar-refractivity contribution in [2.24, 2.45) is 0 Å². The summed E-state index contributed by atoms with van der Waals surface area (Å²) < 4.78 is 0. The highest BCUT2D eigenvalue weighted by molar-refractivity contribution is 7.14. The zero-order valence-corrected chi connectivity index (χ0v) is 10.3. The summed E-state index contributed by atoms with van der Waals surface area (Å²) in [5, 5.41) is 5.86. The van der Waals surface area contributed by atoms with Crippen molar-refractivity contribution in [3.8, 4) is 0 Å². The number of likely N-dealkylation sites (N-methyl/N-ethyl adjacent to an activating group) is 1. The lowest BCUT2D eigenvalue weighted by Gasteiger charge is -2.01. The second kappa shape index (κ2) is 5.88. The van der Waals surface area contributed by atoms with E-state index < -0.39 is 0 Å². The van der Waals surface area contributed by atoms with Gasteiger partial charge in [0.05, 0.1) is 4.88 Å². The summed E-state index contributed by atoms with van der Waals surface area (Å²) in [4.78, 5) is 13.8. The maximum absolute atomic E-state index is 11.7. The zero-order valence-electron chi connectivity index (χ0n) is 9.52. The number of carbonyl (C=O) groups excluding carboxylic acids is 1. The second-order valence-electron chi connectivity index (χ2n) is 3.43. The lowest BCUT2D eigenvalue weighted by atomic mass is 10.2. The van der Waals surface area contributed by atoms with Gasteiger partial charge in [0.15, 0.2) is 0 Å². The number of hydrogen-bond donors (Lipinski definition) is 2. The second-order valence-corrected chi connectivity index (χ2v) is 4.57. The molecule has 84 valence electrons. The molecule has 1 aromatic rings. The van der Waals surface area contributed by atoms with Gasteiger partial charge in [-0.1, -0.05) is 6.92 Å². The first-order chi connectivity index (χ1) is 7.19. The van der Waals surface area contributed by atoms with Crippen LogP contribution in [0.2, 0.25) is 0 Å². The Morgan fingerprint density at radius 2 is 2.20 bits per heavy atom. The van der Waals surface area contributed by atoms with Gasteiger partial charge in [0.1, 0.15) is 0 Å². The molecule has 15 heavy (non-hydrogen) atoms. The highest BCUT2D eigenvalue weighted by Crippen LogP contribution is 2.21. The van der Waals surface area contributed by atoms with Crippen molar-refractivity contribution in [3.05, 3.63) is 21.4 Å². The molecule has 4 heteroatoms. The summed E-state index contributed by atoms with van der Waals surface area (Å²) in [5.41, 5.74) is 1.22. The van der Waals surface area contributed by atoms with Gasteiger partial charge in [-0.05, 0) is 32.0 Å². The van der Waals surface area contributed by atoms with E-state index in [1.54, 1.807) is 11.3 Å². The average Bonchev–Trinajstić information content (AvgIpc) is 2.60. The smallest absolute Gasteiger partial charge is 0.261 e. The van der Waals surface area contributed by atoms with E-state index >= 15 is 0 Å². The first kappa shape index (κ1) is 12.2. The van der Waals surface area contributed by atoms with Crippen LogP contribution in [-0.2, 0) is 6.42 Å². The van der Waals surface area contributed by atoms with E-state index in [2.05, 4.69) is 24.5 Å². The van der Waals surface area contributed by atoms with Gasteiger partial charge in [-0.25, -0.2) is 0 Å². The fourth-order valence-corrected chi connectivity index (χ4v) is 2.40. The number of amides is 1. The molecule has 0 atom stereocenters. The number of carbonyl (C=O) groups is 1. The molecule has 1 heterocycles. The molecular weight excluding hydrogens is 208 g/mol. The molecule has 1 rings (SSSR count). The van der Waals surface area contributed by atoms with Crippen molar-refractivity contribution in [1.82, 2.24) is 10.6 Å². The highest BCUT2D eigenvalue weighted by Gasteiger charge is 2.10. The van der Waals surface area contributed by atoms with E-state index in [9.17, 15) is 4.79 Å². The van der Waals surface area contributed by atoms with E-state index in [0.29, 0.717) is 6.54 Å². The molecule has 0 aromatic carbocycles. The molecule has 0 fully saturated rings. The Morgan fingerprint density at radius 1 is 1.47 bits per heavy atom. The SMILES string of the molecule is CCc1sc(C(=O)NCCNC)cc1C. The molecule has 0 saturated heterocycles. The van der Waals surface area contributed by atoms with Gasteiger partial charge in [0.25, 0.3) is 5.91 Å². The van der Waals surface area contributed by atoms with Crippen molar-refractivity contribution >= 4 is 17.2 Å². The Hall–Kier alpha value is -0.870. The summed E-state index contributed by atoms with van der Waals surface area (Å²) in [6.07, 6.45) is 1.00. The first-order valence-corrected chi connectivity index (χ1v) is 6.02. The van der Waals surface area contributed by atoms with Gasteiger partial charge in [0, 0.05) is 18.0 Å². The molecule has 0 aliphatic carbocycles. The largest absolute Gasteiger partial charge is 0.350 e. The summed E-state index contributed by atoms with van der Waals surface area (Å²) in [6, 6.07) is 1.97. The molecule has 0 bridgehead atoms. The van der Waals surface area contributed by atoms with Crippen molar-refractivity contribution in [2.75, 3.05) is 20.1 Å². The molecule has 0 spiro atoms. The van der Waals surface area contributed by atoms with Gasteiger partial charge in [-0.3, -0.25) is 4.79 Å². The van der Waals surface area contributed by atoms with Gasteiger partial charge < -0.3 is 10.6 Å². The van der Waals surface area contributed by atoms with Crippen molar-refractivity contribution in [2.45, 2.75) is 20.3 Å². The third-order valence-corrected chi connectivity index (χ3v) is 3.61. The monoisotopic (exact) mass is 226 g/mol. The van der Waals surface area contributed by atoms with Crippen LogP contribution in [0.5, 0.6) is 0 Å². The van der Waals surface area contributed by atoms with E-state index in [1.807, 2.05) is 13.1 Å². The molecule has 3 nitrogen and oxygen atoms in total. The minimum absolute atomic E-state index is 0.0399. The topological polar surface area (TPSA) is 41.1 Å². The lowest BCUT2D eigenvalue weighted by Crippen LogP contribution is -2.29. The third kappa shape index (κ3) is 3.32. The van der Waals surface area contributed by atoms with Crippen LogP contribution in [0.1, 0.15) is 27.0 Å². The Kier molecular flexibility index (Phi) is 4.78. The molecule has 1 amide bonds. The van der Waals surface area contributed by atoms with E-state index in [4.69, 9.17) is 0 Å². The molecule has 0 aliphatic rings. The number of nitrogens with one attached hydrogen (secondary N) is 2. The fourth-order valence-electron chi connectivity index (χ4n) is 1.37. The summed E-state index contributed by atoms with van der Waals surface area (Å²) in [5.74, 6) is 0.0399. The van der Waals surface area contributed by atoms with E-state index in [0.717, 1.165) is 17.8 Å². The first-order valence-electron chi connectivity index (χ1n) is 5.21. The minimum Gasteiger partial charge on any atom is -0.350 e. The average molecular weight is 226 g/mol. The highest BCUT2D eigenvalue weighted by atomic mass is 32.1. The normalized spacial score (nSPS) is 10.3. The number of thiophene rings is 1. The molecule has 0 aliphatic heterocycles. The van der Waals surface area contributed by atoms with E-state index in [-0.39, 0.29) is 5.91 Å². The Morgan fingerprint density at radius 3 is 2.73 bits per heavy atom. The maximum atomic E-state index is 11.7. The van der Waals surface area contributed by atoms with Crippen molar-refractivity contribution in [3.63, 3.8) is 0 Å². The maximum Gasteiger partial charge on any atom is 0.261 e. The van der Waals surface area contributed by atoms with Gasteiger partial charge in [-0.15, -0.1) is 11.3 Å². The van der Waals surface area contributed by atoms with Crippen LogP contribution in [0.3, 0.4) is 0 Å². The Bertz CT molecular complexity index is 333. The molecule has 0 radical (unpaired) electrons. The van der Waals surface area contributed by atoms with Crippen LogP contribution in [0.4, 0.5) is 0 Å². The zero-order chi connectivity index (χ0) is 11.3. The van der Waals surface area contributed by atoms with Crippen LogP contribution in [0.15, 0.2) is 6.07 Å². The molecule has 0 saturated carbocycles. The molecular formula is C11H18N2OS. The standard InChI is InChI=1S/C11H18N2OS/c1-4-9-8(2)7-10(15-9)11(14)13-6-5-12-3/h7,12H,4-6H2,1-3H3,(H,13,14). The van der Waals surface area contributed by atoms with E-state index in [1.165, 1.54) is 10.4 Å². The lowest BCUT2D eigenvalue weighted by molar-refractivity contribution is 0.0958. The quantitative estimate of drug-likeness (QED) is 0.748. The molecule has 1 aromatic heterocycles. The van der Waals surface area contributed by atoms with Gasteiger partial charge in [-0.2, -0.15) is 0 Å². The van der Waals surface area contributed by atoms with Crippen LogP contribution < -0.4 is 10.6 Å². The van der Waals surface area contributed by atoms with Crippen molar-refractivity contribution in [1.29, 1.82) is 0 Å². The molecule has 2 N–H and O–H groups in total. The van der Waals surface area contributed by atoms with Crippen LogP contribution in [0, 0.1) is 6.92 Å². The summed E-state index contributed by atoms with van der Waals surface area (Å²) >= 11 is 1.59. The summed E-state index contributed by atoms with van der Waals surface area (Å²) in [6.45, 7) is 5.64. The minimum atomic E-state index is 0.0399.